The number of H-pyrrole nitrogens is 1. The van der Waals surface area contributed by atoms with E-state index in [1.54, 1.807) is 44.2 Å². The van der Waals surface area contributed by atoms with E-state index < -0.39 is 26.8 Å². The Hall–Kier alpha value is -2.60. The van der Waals surface area contributed by atoms with Gasteiger partial charge in [0, 0.05) is 10.6 Å². The first kappa shape index (κ1) is 18.7. The van der Waals surface area contributed by atoms with E-state index in [4.69, 9.17) is 16.3 Å². The van der Waals surface area contributed by atoms with Gasteiger partial charge in [0.1, 0.15) is 22.7 Å². The highest BCUT2D eigenvalue weighted by Crippen LogP contribution is 2.45. The molecule has 1 aliphatic rings. The smallest absolute Gasteiger partial charge is 0.226 e. The van der Waals surface area contributed by atoms with Gasteiger partial charge in [-0.25, -0.2) is 13.4 Å². The van der Waals surface area contributed by atoms with Crippen LogP contribution in [0.3, 0.4) is 0 Å². The topological polar surface area (TPSA) is 116 Å². The van der Waals surface area contributed by atoms with Gasteiger partial charge in [0.05, 0.1) is 22.7 Å². The molecule has 4 rings (SSSR count). The van der Waals surface area contributed by atoms with E-state index in [9.17, 15) is 18.8 Å². The van der Waals surface area contributed by atoms with Gasteiger partial charge >= 0.3 is 0 Å². The minimum absolute atomic E-state index is 0.226. The molecule has 28 heavy (non-hydrogen) atoms. The highest BCUT2D eigenvalue weighted by molar-refractivity contribution is 7.91. The Labute approximate surface area is 166 Å². The van der Waals surface area contributed by atoms with Gasteiger partial charge in [0.25, 0.3) is 0 Å². The summed E-state index contributed by atoms with van der Waals surface area (Å²) >= 11 is 5.97. The summed E-state index contributed by atoms with van der Waals surface area (Å²) < 4.78 is 32.7. The Morgan fingerprint density at radius 2 is 2.04 bits per heavy atom. The summed E-state index contributed by atoms with van der Waals surface area (Å²) in [6.45, 7) is 3.22. The number of sulfone groups is 1. The average molecular weight is 418 g/mol. The number of fused-ring (bicyclic) bond motifs is 2. The summed E-state index contributed by atoms with van der Waals surface area (Å²) in [6.07, 6.45) is -1.38. The van der Waals surface area contributed by atoms with Crippen LogP contribution < -0.4 is 4.74 Å². The molecule has 2 atom stereocenters. The van der Waals surface area contributed by atoms with Crippen LogP contribution in [-0.2, 0) is 9.84 Å². The number of halogens is 1. The first-order valence-electron chi connectivity index (χ1n) is 8.44. The molecule has 2 aromatic carbocycles. The van der Waals surface area contributed by atoms with Crippen molar-refractivity contribution in [3.63, 3.8) is 0 Å². The van der Waals surface area contributed by atoms with Crippen molar-refractivity contribution in [1.29, 1.82) is 5.26 Å². The molecule has 0 unspecified atom stereocenters. The van der Waals surface area contributed by atoms with Crippen molar-refractivity contribution in [2.45, 2.75) is 36.0 Å². The summed E-state index contributed by atoms with van der Waals surface area (Å²) in [5.74, 6) is 0.307. The zero-order valence-electron chi connectivity index (χ0n) is 15.0. The minimum atomic E-state index is -4.14. The molecular formula is C19H16ClN3O4S. The molecule has 0 bridgehead atoms. The SMILES string of the molecule is CC1(C)Oc2ccc(C#N)cc2[C@@H](S(=O)(=O)c2nc3ccc(Cl)cc3[nH]2)[C@H]1O. The number of nitriles is 1. The fraction of sp³-hybridized carbons (Fsp3) is 0.263. The predicted octanol–water partition coefficient (Wildman–Crippen LogP) is 3.13. The molecular weight excluding hydrogens is 402 g/mol. The first-order valence-corrected chi connectivity index (χ1v) is 10.4. The number of aliphatic hydroxyl groups excluding tert-OH is 1. The fourth-order valence-corrected chi connectivity index (χ4v) is 5.44. The molecule has 3 aromatic rings. The van der Waals surface area contributed by atoms with Crippen LogP contribution in [0.2, 0.25) is 5.02 Å². The number of ether oxygens (including phenoxy) is 1. The van der Waals surface area contributed by atoms with E-state index in [1.807, 2.05) is 6.07 Å². The number of hydrogen-bond donors (Lipinski definition) is 2. The third-order valence-corrected chi connectivity index (χ3v) is 6.99. The van der Waals surface area contributed by atoms with Gasteiger partial charge in [-0.15, -0.1) is 0 Å². The first-order chi connectivity index (χ1) is 13.1. The van der Waals surface area contributed by atoms with Gasteiger partial charge in [-0.2, -0.15) is 5.26 Å². The third-order valence-electron chi connectivity index (χ3n) is 4.84. The molecule has 2 heterocycles. The number of imidazole rings is 1. The Balaban J connectivity index is 1.93. The zero-order valence-corrected chi connectivity index (χ0v) is 16.5. The maximum Gasteiger partial charge on any atom is 0.226 e. The Kier molecular flexibility index (Phi) is 4.16. The molecule has 0 fully saturated rings. The molecule has 1 aliphatic heterocycles. The van der Waals surface area contributed by atoms with E-state index in [-0.39, 0.29) is 16.3 Å². The van der Waals surface area contributed by atoms with Crippen molar-refractivity contribution in [1.82, 2.24) is 9.97 Å². The zero-order chi connectivity index (χ0) is 20.3. The van der Waals surface area contributed by atoms with Crippen LogP contribution in [0.15, 0.2) is 41.6 Å². The predicted molar refractivity (Wildman–Crippen MR) is 103 cm³/mol. The lowest BCUT2D eigenvalue weighted by Crippen LogP contribution is -2.50. The lowest BCUT2D eigenvalue weighted by Gasteiger charge is -2.41. The molecule has 0 spiro atoms. The van der Waals surface area contributed by atoms with Crippen molar-refractivity contribution in [3.05, 3.63) is 52.5 Å². The second-order valence-electron chi connectivity index (χ2n) is 7.18. The van der Waals surface area contributed by atoms with E-state index in [0.29, 0.717) is 21.8 Å². The number of aromatic amines is 1. The van der Waals surface area contributed by atoms with Gasteiger partial charge in [-0.05, 0) is 50.2 Å². The molecule has 2 N–H and O–H groups in total. The highest BCUT2D eigenvalue weighted by atomic mass is 35.5. The summed E-state index contributed by atoms with van der Waals surface area (Å²) in [4.78, 5) is 6.96. The Bertz CT molecular complexity index is 1240. The van der Waals surface area contributed by atoms with Crippen LogP contribution in [-0.4, -0.2) is 35.2 Å². The van der Waals surface area contributed by atoms with Crippen molar-refractivity contribution in [2.24, 2.45) is 0 Å². The normalized spacial score (nSPS) is 21.0. The molecule has 0 saturated heterocycles. The monoisotopic (exact) mass is 417 g/mol. The van der Waals surface area contributed by atoms with Gasteiger partial charge in [-0.1, -0.05) is 11.6 Å². The number of hydrogen-bond acceptors (Lipinski definition) is 6. The second kappa shape index (κ2) is 6.21. The summed E-state index contributed by atoms with van der Waals surface area (Å²) in [7, 11) is -4.14. The van der Waals surface area contributed by atoms with Crippen LogP contribution in [0.1, 0.15) is 30.2 Å². The summed E-state index contributed by atoms with van der Waals surface area (Å²) in [6, 6.07) is 11.3. The molecule has 0 amide bonds. The minimum Gasteiger partial charge on any atom is -0.485 e. The number of aromatic nitrogens is 2. The van der Waals surface area contributed by atoms with Gasteiger partial charge in [0.15, 0.2) is 0 Å². The molecule has 0 aliphatic carbocycles. The number of aliphatic hydroxyl groups is 1. The fourth-order valence-electron chi connectivity index (χ4n) is 3.36. The maximum absolute atomic E-state index is 13.5. The summed E-state index contributed by atoms with van der Waals surface area (Å²) in [5, 5.41) is 18.9. The third kappa shape index (κ3) is 2.83. The van der Waals surface area contributed by atoms with Crippen molar-refractivity contribution in [3.8, 4) is 11.8 Å². The number of benzene rings is 2. The van der Waals surface area contributed by atoms with Gasteiger partial charge < -0.3 is 14.8 Å². The van der Waals surface area contributed by atoms with Crippen LogP contribution >= 0.6 is 11.6 Å². The van der Waals surface area contributed by atoms with Crippen LogP contribution in [0.4, 0.5) is 0 Å². The molecule has 1 aromatic heterocycles. The number of nitrogens with one attached hydrogen (secondary N) is 1. The summed E-state index contributed by atoms with van der Waals surface area (Å²) in [5.41, 5.74) is 0.247. The van der Waals surface area contributed by atoms with Gasteiger partial charge in [-0.3, -0.25) is 0 Å². The van der Waals surface area contributed by atoms with Crippen molar-refractivity contribution >= 4 is 32.5 Å². The molecule has 7 nitrogen and oxygen atoms in total. The largest absolute Gasteiger partial charge is 0.485 e. The quantitative estimate of drug-likeness (QED) is 0.661. The van der Waals surface area contributed by atoms with E-state index >= 15 is 0 Å². The average Bonchev–Trinajstić information content (AvgIpc) is 3.06. The van der Waals surface area contributed by atoms with E-state index in [1.165, 1.54) is 6.07 Å². The maximum atomic E-state index is 13.5. The number of nitrogens with zero attached hydrogens (tertiary/aromatic N) is 2. The van der Waals surface area contributed by atoms with E-state index in [0.717, 1.165) is 0 Å². The molecule has 0 saturated carbocycles. The van der Waals surface area contributed by atoms with Gasteiger partial charge in [0.2, 0.25) is 15.0 Å². The van der Waals surface area contributed by atoms with Crippen LogP contribution in [0.25, 0.3) is 11.0 Å². The lowest BCUT2D eigenvalue weighted by atomic mass is 9.90. The van der Waals surface area contributed by atoms with Crippen LogP contribution in [0.5, 0.6) is 5.75 Å². The lowest BCUT2D eigenvalue weighted by molar-refractivity contribution is -0.0445. The highest BCUT2D eigenvalue weighted by Gasteiger charge is 2.50. The molecule has 144 valence electrons. The standard InChI is InChI=1S/C19H16ClN3O4S/c1-19(2)17(24)16(12-7-10(9-21)3-6-15(12)27-19)28(25,26)18-22-13-5-4-11(20)8-14(13)23-18/h3-8,16-17,24H,1-2H3,(H,22,23)/t16-,17-/m1/s1. The Morgan fingerprint density at radius 1 is 1.29 bits per heavy atom. The number of rotatable bonds is 2. The van der Waals surface area contributed by atoms with E-state index in [2.05, 4.69) is 9.97 Å². The molecule has 9 heteroatoms. The van der Waals surface area contributed by atoms with Crippen molar-refractivity contribution < 1.29 is 18.3 Å². The van der Waals surface area contributed by atoms with Crippen molar-refractivity contribution in [2.75, 3.05) is 0 Å². The second-order valence-corrected chi connectivity index (χ2v) is 9.60. The Morgan fingerprint density at radius 3 is 2.75 bits per heavy atom. The van der Waals surface area contributed by atoms with Crippen LogP contribution in [0, 0.1) is 11.3 Å². The molecule has 0 radical (unpaired) electrons.